The number of anilines is 2. The van der Waals surface area contributed by atoms with E-state index in [-0.39, 0.29) is 22.9 Å². The lowest BCUT2D eigenvalue weighted by Crippen LogP contribution is -2.10. The van der Waals surface area contributed by atoms with Crippen LogP contribution in [0.25, 0.3) is 0 Å². The average molecular weight is 300 g/mol. The molecule has 4 N–H and O–H groups in total. The van der Waals surface area contributed by atoms with Gasteiger partial charge in [0.15, 0.2) is 5.82 Å². The third-order valence-corrected chi connectivity index (χ3v) is 3.75. The Hall–Kier alpha value is -1.87. The summed E-state index contributed by atoms with van der Waals surface area (Å²) >= 11 is 2.16. The molecule has 2 aromatic heterocycles. The van der Waals surface area contributed by atoms with Gasteiger partial charge in [-0.3, -0.25) is 4.79 Å². The molecule has 0 aliphatic rings. The molecule has 0 saturated heterocycles. The Morgan fingerprint density at radius 1 is 1.63 bits per heavy atom. The van der Waals surface area contributed by atoms with Crippen LogP contribution < -0.4 is 15.9 Å². The number of aromatic nitrogens is 2. The highest BCUT2D eigenvalue weighted by atomic mass is 32.1. The van der Waals surface area contributed by atoms with E-state index in [0.29, 0.717) is 11.5 Å². The molecule has 0 aliphatic carbocycles. The summed E-state index contributed by atoms with van der Waals surface area (Å²) in [7, 11) is 0. The monoisotopic (exact) mass is 300 g/mol. The topological polar surface area (TPSA) is 110 Å². The number of aromatic amines is 1. The molecule has 0 unspecified atom stereocenters. The van der Waals surface area contributed by atoms with E-state index >= 15 is 0 Å². The average Bonchev–Trinajstić information content (AvgIpc) is 2.93. The first-order valence-electron chi connectivity index (χ1n) is 5.44. The van der Waals surface area contributed by atoms with Gasteiger partial charge in [0.05, 0.1) is 13.2 Å². The summed E-state index contributed by atoms with van der Waals surface area (Å²) in [6, 6.07) is 0. The Balaban J connectivity index is 2.12. The van der Waals surface area contributed by atoms with Crippen LogP contribution in [-0.2, 0) is 11.3 Å². The van der Waals surface area contributed by atoms with Crippen molar-refractivity contribution in [1.29, 1.82) is 0 Å². The van der Waals surface area contributed by atoms with Crippen LogP contribution in [0.5, 0.6) is 0 Å². The fourth-order valence-corrected chi connectivity index (χ4v) is 2.68. The number of ether oxygens (including phenoxy) is 1. The smallest absolute Gasteiger partial charge is 0.344 e. The second kappa shape index (κ2) is 5.85. The van der Waals surface area contributed by atoms with Gasteiger partial charge in [-0.15, -0.1) is 0 Å². The Bertz CT molecular complexity index is 631. The standard InChI is InChI=1S/C10H12N4O3S2/c1-2-17-9(15)6-7(11)14-19-8(6)12-3-5-4-18-10(16)13-5/h4,12H,2-3H2,1H3,(H2,11,14)(H,13,16). The van der Waals surface area contributed by atoms with E-state index in [9.17, 15) is 9.59 Å². The number of rotatable bonds is 5. The normalized spacial score (nSPS) is 10.4. The SMILES string of the molecule is CCOC(=O)c1c(N)nsc1NCc1csc(=O)[nH]1. The minimum atomic E-state index is -0.505. The fourth-order valence-electron chi connectivity index (χ4n) is 1.40. The molecule has 102 valence electrons. The Morgan fingerprint density at radius 3 is 3.05 bits per heavy atom. The zero-order chi connectivity index (χ0) is 13.8. The number of hydrogen-bond acceptors (Lipinski definition) is 8. The van der Waals surface area contributed by atoms with Gasteiger partial charge in [0.1, 0.15) is 10.6 Å². The van der Waals surface area contributed by atoms with Gasteiger partial charge >= 0.3 is 10.8 Å². The molecule has 2 aromatic rings. The molecule has 9 heteroatoms. The van der Waals surface area contributed by atoms with Gasteiger partial charge in [0, 0.05) is 11.1 Å². The third-order valence-electron chi connectivity index (χ3n) is 2.21. The van der Waals surface area contributed by atoms with Crippen LogP contribution in [-0.4, -0.2) is 21.9 Å². The zero-order valence-corrected chi connectivity index (χ0v) is 11.7. The Labute approximate surface area is 116 Å². The molecule has 0 radical (unpaired) electrons. The molecule has 0 amide bonds. The van der Waals surface area contributed by atoms with Crippen LogP contribution in [0.1, 0.15) is 23.0 Å². The third kappa shape index (κ3) is 3.12. The quantitative estimate of drug-likeness (QED) is 0.717. The largest absolute Gasteiger partial charge is 0.462 e. The number of nitrogen functional groups attached to an aromatic ring is 1. The van der Waals surface area contributed by atoms with E-state index < -0.39 is 5.97 Å². The predicted octanol–water partition coefficient (Wildman–Crippen LogP) is 1.26. The van der Waals surface area contributed by atoms with Crippen LogP contribution >= 0.6 is 22.9 Å². The van der Waals surface area contributed by atoms with E-state index in [4.69, 9.17) is 10.5 Å². The molecule has 7 nitrogen and oxygen atoms in total. The van der Waals surface area contributed by atoms with E-state index in [1.54, 1.807) is 12.3 Å². The molecule has 0 aliphatic heterocycles. The van der Waals surface area contributed by atoms with Crippen LogP contribution in [0.4, 0.5) is 10.8 Å². The highest BCUT2D eigenvalue weighted by Crippen LogP contribution is 2.27. The minimum Gasteiger partial charge on any atom is -0.462 e. The molecule has 2 rings (SSSR count). The first-order chi connectivity index (χ1) is 9.11. The summed E-state index contributed by atoms with van der Waals surface area (Å²) in [5.41, 5.74) is 6.62. The van der Waals surface area contributed by atoms with Gasteiger partial charge in [-0.1, -0.05) is 11.3 Å². The first-order valence-corrected chi connectivity index (χ1v) is 7.10. The van der Waals surface area contributed by atoms with Crippen LogP contribution in [0.2, 0.25) is 0 Å². The number of thiazole rings is 1. The lowest BCUT2D eigenvalue weighted by atomic mass is 10.3. The lowest BCUT2D eigenvalue weighted by Gasteiger charge is -2.05. The van der Waals surface area contributed by atoms with Gasteiger partial charge in [0.25, 0.3) is 0 Å². The molecule has 0 atom stereocenters. The maximum atomic E-state index is 11.7. The van der Waals surface area contributed by atoms with Crippen molar-refractivity contribution in [3.05, 3.63) is 26.3 Å². The Morgan fingerprint density at radius 2 is 2.42 bits per heavy atom. The zero-order valence-electron chi connectivity index (χ0n) is 10.1. The maximum Gasteiger partial charge on any atom is 0.344 e. The van der Waals surface area contributed by atoms with Gasteiger partial charge in [-0.05, 0) is 18.5 Å². The van der Waals surface area contributed by atoms with Crippen molar-refractivity contribution in [2.24, 2.45) is 0 Å². The highest BCUT2D eigenvalue weighted by molar-refractivity contribution is 7.11. The number of nitrogens with zero attached hydrogens (tertiary/aromatic N) is 1. The number of hydrogen-bond donors (Lipinski definition) is 3. The summed E-state index contributed by atoms with van der Waals surface area (Å²) < 4.78 is 8.84. The summed E-state index contributed by atoms with van der Waals surface area (Å²) in [5.74, 6) is -0.361. The minimum absolute atomic E-state index is 0.119. The van der Waals surface area contributed by atoms with E-state index in [1.807, 2.05) is 0 Å². The molecule has 0 saturated carbocycles. The molecular formula is C10H12N4O3S2. The predicted molar refractivity (Wildman–Crippen MR) is 74.7 cm³/mol. The summed E-state index contributed by atoms with van der Waals surface area (Å²) in [5, 5.41) is 5.26. The molecule has 0 aromatic carbocycles. The number of esters is 1. The number of H-pyrrole nitrogens is 1. The lowest BCUT2D eigenvalue weighted by molar-refractivity contribution is 0.0529. The van der Waals surface area contributed by atoms with Gasteiger partial charge in [0.2, 0.25) is 0 Å². The number of nitrogens with one attached hydrogen (secondary N) is 2. The molecule has 0 spiro atoms. The van der Waals surface area contributed by atoms with Crippen LogP contribution in [0.3, 0.4) is 0 Å². The van der Waals surface area contributed by atoms with Crippen LogP contribution in [0, 0.1) is 0 Å². The van der Waals surface area contributed by atoms with E-state index in [1.165, 1.54) is 0 Å². The van der Waals surface area contributed by atoms with Gasteiger partial charge in [-0.2, -0.15) is 4.37 Å². The summed E-state index contributed by atoms with van der Waals surface area (Å²) in [4.78, 5) is 25.3. The highest BCUT2D eigenvalue weighted by Gasteiger charge is 2.20. The van der Waals surface area contributed by atoms with Gasteiger partial charge < -0.3 is 20.8 Å². The maximum absolute atomic E-state index is 11.7. The number of nitrogens with two attached hydrogens (primary N) is 1. The molecular weight excluding hydrogens is 288 g/mol. The van der Waals surface area contributed by atoms with Gasteiger partial charge in [-0.25, -0.2) is 4.79 Å². The summed E-state index contributed by atoms with van der Waals surface area (Å²) in [6.07, 6.45) is 0. The van der Waals surface area contributed by atoms with E-state index in [0.717, 1.165) is 28.6 Å². The molecule has 2 heterocycles. The van der Waals surface area contributed by atoms with Crippen molar-refractivity contribution in [3.8, 4) is 0 Å². The van der Waals surface area contributed by atoms with E-state index in [2.05, 4.69) is 14.7 Å². The number of carbonyl (C=O) groups excluding carboxylic acids is 1. The van der Waals surface area contributed by atoms with Crippen molar-refractivity contribution in [3.63, 3.8) is 0 Å². The van der Waals surface area contributed by atoms with Crippen molar-refractivity contribution in [1.82, 2.24) is 9.36 Å². The molecule has 19 heavy (non-hydrogen) atoms. The first kappa shape index (κ1) is 13.6. The second-order valence-corrected chi connectivity index (χ2v) is 5.13. The fraction of sp³-hybridized carbons (Fsp3) is 0.300. The molecule has 0 fully saturated rings. The van der Waals surface area contributed by atoms with Crippen molar-refractivity contribution in [2.75, 3.05) is 17.7 Å². The second-order valence-electron chi connectivity index (χ2n) is 3.52. The Kier molecular flexibility index (Phi) is 4.17. The van der Waals surface area contributed by atoms with Crippen molar-refractivity contribution in [2.45, 2.75) is 13.5 Å². The number of carbonyl (C=O) groups is 1. The summed E-state index contributed by atoms with van der Waals surface area (Å²) in [6.45, 7) is 2.37. The van der Waals surface area contributed by atoms with Crippen molar-refractivity contribution >= 4 is 39.7 Å². The molecule has 0 bridgehead atoms. The van der Waals surface area contributed by atoms with Crippen molar-refractivity contribution < 1.29 is 9.53 Å². The van der Waals surface area contributed by atoms with Crippen LogP contribution in [0.15, 0.2) is 10.2 Å².